The van der Waals surface area contributed by atoms with Crippen LogP contribution in [0.2, 0.25) is 0 Å². The van der Waals surface area contributed by atoms with Crippen LogP contribution in [0, 0.1) is 0 Å². The molecule has 2 unspecified atom stereocenters. The molecule has 18 heavy (non-hydrogen) atoms. The minimum Gasteiger partial charge on any atom is -0.464 e. The van der Waals surface area contributed by atoms with E-state index in [1.807, 2.05) is 0 Å². The maximum Gasteiger partial charge on any atom is 0.328 e. The Morgan fingerprint density at radius 2 is 2.22 bits per heavy atom. The van der Waals surface area contributed by atoms with E-state index in [1.165, 1.54) is 0 Å². The third-order valence-corrected chi connectivity index (χ3v) is 3.39. The number of likely N-dealkylation sites (tertiary alicyclic amines) is 1. The fraction of sp³-hybridized carbons (Fsp3) is 0.750. The Morgan fingerprint density at radius 3 is 2.83 bits per heavy atom. The lowest BCUT2D eigenvalue weighted by atomic mass is 10.1. The normalized spacial score (nSPS) is 27.2. The van der Waals surface area contributed by atoms with Crippen molar-refractivity contribution in [3.05, 3.63) is 0 Å². The van der Waals surface area contributed by atoms with Gasteiger partial charge in [0.25, 0.3) is 0 Å². The number of nitrogens with zero attached hydrogens (tertiary/aromatic N) is 1. The summed E-state index contributed by atoms with van der Waals surface area (Å²) in [6.07, 6.45) is 2.35. The molecule has 100 valence electrons. The molecule has 0 bridgehead atoms. The lowest BCUT2D eigenvalue weighted by molar-refractivity contribution is -0.153. The van der Waals surface area contributed by atoms with Gasteiger partial charge in [-0.25, -0.2) is 4.79 Å². The van der Waals surface area contributed by atoms with Gasteiger partial charge in [-0.05, 0) is 26.2 Å². The Balaban J connectivity index is 2.00. The first-order valence-corrected chi connectivity index (χ1v) is 6.40. The highest BCUT2D eigenvalue weighted by Crippen LogP contribution is 2.21. The van der Waals surface area contributed by atoms with Gasteiger partial charge in [0.15, 0.2) is 0 Å². The molecule has 2 aliphatic rings. The van der Waals surface area contributed by atoms with Crippen molar-refractivity contribution in [2.75, 3.05) is 13.2 Å². The molecule has 0 radical (unpaired) electrons. The lowest BCUT2D eigenvalue weighted by Crippen LogP contribution is -2.49. The molecule has 2 aliphatic heterocycles. The van der Waals surface area contributed by atoms with Gasteiger partial charge in [0.05, 0.1) is 6.61 Å². The fourth-order valence-electron chi connectivity index (χ4n) is 2.51. The molecule has 2 saturated heterocycles. The summed E-state index contributed by atoms with van der Waals surface area (Å²) in [5.74, 6) is -0.593. The van der Waals surface area contributed by atoms with E-state index in [2.05, 4.69) is 5.32 Å². The molecular weight excluding hydrogens is 236 g/mol. The lowest BCUT2D eigenvalue weighted by Gasteiger charge is -2.25. The van der Waals surface area contributed by atoms with Crippen molar-refractivity contribution in [3.63, 3.8) is 0 Å². The van der Waals surface area contributed by atoms with Crippen LogP contribution >= 0.6 is 0 Å². The van der Waals surface area contributed by atoms with Crippen molar-refractivity contribution in [1.29, 1.82) is 0 Å². The summed E-state index contributed by atoms with van der Waals surface area (Å²) in [7, 11) is 0. The van der Waals surface area contributed by atoms with E-state index in [0.717, 1.165) is 6.42 Å². The van der Waals surface area contributed by atoms with Crippen molar-refractivity contribution < 1.29 is 19.1 Å². The van der Waals surface area contributed by atoms with E-state index >= 15 is 0 Å². The van der Waals surface area contributed by atoms with Gasteiger partial charge in [-0.1, -0.05) is 0 Å². The van der Waals surface area contributed by atoms with Gasteiger partial charge >= 0.3 is 5.97 Å². The molecule has 2 heterocycles. The van der Waals surface area contributed by atoms with E-state index in [4.69, 9.17) is 4.74 Å². The third kappa shape index (κ3) is 2.47. The number of hydrogen-bond donors (Lipinski definition) is 1. The van der Waals surface area contributed by atoms with Crippen LogP contribution in [0.15, 0.2) is 0 Å². The third-order valence-electron chi connectivity index (χ3n) is 3.39. The molecule has 0 aromatic heterocycles. The van der Waals surface area contributed by atoms with Crippen molar-refractivity contribution in [3.8, 4) is 0 Å². The van der Waals surface area contributed by atoms with Crippen LogP contribution in [0.5, 0.6) is 0 Å². The second kappa shape index (κ2) is 5.37. The molecule has 0 aliphatic carbocycles. The van der Waals surface area contributed by atoms with Gasteiger partial charge in [-0.3, -0.25) is 9.59 Å². The summed E-state index contributed by atoms with van der Waals surface area (Å²) in [6, 6.07) is -0.942. The number of hydrogen-bond acceptors (Lipinski definition) is 4. The Labute approximate surface area is 106 Å². The Kier molecular flexibility index (Phi) is 3.84. The highest BCUT2D eigenvalue weighted by atomic mass is 16.5. The molecule has 2 fully saturated rings. The van der Waals surface area contributed by atoms with Crippen LogP contribution < -0.4 is 5.32 Å². The van der Waals surface area contributed by atoms with Gasteiger partial charge in [-0.15, -0.1) is 0 Å². The highest BCUT2D eigenvalue weighted by Gasteiger charge is 2.39. The van der Waals surface area contributed by atoms with Crippen molar-refractivity contribution >= 4 is 17.8 Å². The highest BCUT2D eigenvalue weighted by molar-refractivity contribution is 5.93. The van der Waals surface area contributed by atoms with Gasteiger partial charge in [0.2, 0.25) is 11.8 Å². The van der Waals surface area contributed by atoms with Crippen LogP contribution in [-0.2, 0) is 19.1 Å². The Hall–Kier alpha value is -1.59. The van der Waals surface area contributed by atoms with Crippen molar-refractivity contribution in [2.24, 2.45) is 0 Å². The zero-order valence-electron chi connectivity index (χ0n) is 10.5. The summed E-state index contributed by atoms with van der Waals surface area (Å²) in [5.41, 5.74) is 0. The van der Waals surface area contributed by atoms with Gasteiger partial charge in [0.1, 0.15) is 12.1 Å². The smallest absolute Gasteiger partial charge is 0.328 e. The van der Waals surface area contributed by atoms with Crippen LogP contribution in [0.3, 0.4) is 0 Å². The molecule has 6 heteroatoms. The number of ether oxygens (including phenoxy) is 1. The molecule has 6 nitrogen and oxygen atoms in total. The summed E-state index contributed by atoms with van der Waals surface area (Å²) < 4.78 is 4.97. The standard InChI is InChI=1S/C12H18N2O4/c1-2-18-12(17)9-4-3-7-14(9)11(16)8-5-6-10(15)13-8/h8-9H,2-7H2,1H3,(H,13,15). The van der Waals surface area contributed by atoms with Crippen LogP contribution in [0.1, 0.15) is 32.6 Å². The number of amides is 2. The van der Waals surface area contributed by atoms with E-state index in [1.54, 1.807) is 11.8 Å². The number of rotatable bonds is 3. The zero-order chi connectivity index (χ0) is 13.1. The average Bonchev–Trinajstić information content (AvgIpc) is 2.96. The molecule has 0 aromatic rings. The molecule has 2 rings (SSSR count). The van der Waals surface area contributed by atoms with Crippen molar-refractivity contribution in [2.45, 2.75) is 44.7 Å². The SMILES string of the molecule is CCOC(=O)C1CCCN1C(=O)C1CCC(=O)N1. The first kappa shape index (κ1) is 12.9. The second-order valence-corrected chi connectivity index (χ2v) is 4.60. The minimum absolute atomic E-state index is 0.0970. The van der Waals surface area contributed by atoms with E-state index in [9.17, 15) is 14.4 Å². The molecule has 0 spiro atoms. The summed E-state index contributed by atoms with van der Waals surface area (Å²) >= 11 is 0. The number of carbonyl (C=O) groups is 3. The van der Waals surface area contributed by atoms with Crippen LogP contribution in [0.4, 0.5) is 0 Å². The van der Waals surface area contributed by atoms with Gasteiger partial charge in [0, 0.05) is 13.0 Å². The van der Waals surface area contributed by atoms with Gasteiger partial charge in [-0.2, -0.15) is 0 Å². The van der Waals surface area contributed by atoms with E-state index in [0.29, 0.717) is 32.4 Å². The molecule has 2 atom stereocenters. The zero-order valence-corrected chi connectivity index (χ0v) is 10.5. The predicted molar refractivity (Wildman–Crippen MR) is 62.5 cm³/mol. The van der Waals surface area contributed by atoms with E-state index in [-0.39, 0.29) is 17.8 Å². The first-order valence-electron chi connectivity index (χ1n) is 6.40. The molecular formula is C12H18N2O4. The van der Waals surface area contributed by atoms with Crippen LogP contribution in [0.25, 0.3) is 0 Å². The number of esters is 1. The second-order valence-electron chi connectivity index (χ2n) is 4.60. The quantitative estimate of drug-likeness (QED) is 0.709. The maximum atomic E-state index is 12.2. The fourth-order valence-corrected chi connectivity index (χ4v) is 2.51. The maximum absolute atomic E-state index is 12.2. The minimum atomic E-state index is -0.477. The molecule has 2 amide bonds. The molecule has 0 aromatic carbocycles. The predicted octanol–water partition coefficient (Wildman–Crippen LogP) is -0.181. The van der Waals surface area contributed by atoms with Crippen molar-refractivity contribution in [1.82, 2.24) is 10.2 Å². The topological polar surface area (TPSA) is 75.7 Å². The number of carbonyl (C=O) groups excluding carboxylic acids is 3. The summed E-state index contributed by atoms with van der Waals surface area (Å²) in [6.45, 7) is 2.63. The summed E-state index contributed by atoms with van der Waals surface area (Å²) in [4.78, 5) is 36.6. The monoisotopic (exact) mass is 254 g/mol. The van der Waals surface area contributed by atoms with Crippen LogP contribution in [-0.4, -0.2) is 47.9 Å². The number of nitrogens with one attached hydrogen (secondary N) is 1. The largest absolute Gasteiger partial charge is 0.464 e. The Bertz CT molecular complexity index is 369. The molecule has 0 saturated carbocycles. The molecule has 1 N–H and O–H groups in total. The first-order chi connectivity index (χ1) is 8.63. The Morgan fingerprint density at radius 1 is 1.44 bits per heavy atom. The van der Waals surface area contributed by atoms with E-state index < -0.39 is 12.1 Å². The van der Waals surface area contributed by atoms with Gasteiger partial charge < -0.3 is 15.0 Å². The summed E-state index contributed by atoms with van der Waals surface area (Å²) in [5, 5.41) is 2.64. The average molecular weight is 254 g/mol.